The lowest BCUT2D eigenvalue weighted by molar-refractivity contribution is -0.136. The van der Waals surface area contributed by atoms with E-state index in [1.165, 1.54) is 6.42 Å². The zero-order chi connectivity index (χ0) is 19.0. The number of likely N-dealkylation sites (tertiary alicyclic amines) is 1. The summed E-state index contributed by atoms with van der Waals surface area (Å²) in [5.41, 5.74) is 8.64. The van der Waals surface area contributed by atoms with Crippen LogP contribution in [0.15, 0.2) is 18.2 Å². The highest BCUT2D eigenvalue weighted by atomic mass is 16.2. The van der Waals surface area contributed by atoms with E-state index in [1.807, 2.05) is 18.2 Å². The van der Waals surface area contributed by atoms with Crippen LogP contribution in [-0.2, 0) is 22.7 Å². The minimum absolute atomic E-state index is 0.101. The van der Waals surface area contributed by atoms with Gasteiger partial charge in [-0.25, -0.2) is 0 Å². The second-order valence-electron chi connectivity index (χ2n) is 7.71. The molecule has 3 heterocycles. The van der Waals surface area contributed by atoms with Gasteiger partial charge in [0.15, 0.2) is 0 Å². The second-order valence-corrected chi connectivity index (χ2v) is 7.71. The molecule has 2 fully saturated rings. The maximum atomic E-state index is 13.2. The first-order chi connectivity index (χ1) is 13.1. The van der Waals surface area contributed by atoms with Gasteiger partial charge in [-0.05, 0) is 36.9 Å². The van der Waals surface area contributed by atoms with Crippen LogP contribution < -0.4 is 11.1 Å². The summed E-state index contributed by atoms with van der Waals surface area (Å²) in [6.07, 6.45) is 4.12. The highest BCUT2D eigenvalue weighted by molar-refractivity contribution is 6.05. The fourth-order valence-corrected chi connectivity index (χ4v) is 4.58. The number of benzene rings is 1. The number of carbonyl (C=O) groups excluding carboxylic acids is 3. The fraction of sp³-hybridized carbons (Fsp3) is 0.550. The van der Waals surface area contributed by atoms with Crippen molar-refractivity contribution in [1.29, 1.82) is 0 Å². The van der Waals surface area contributed by atoms with Crippen molar-refractivity contribution in [3.8, 4) is 0 Å². The number of nitrogens with zero attached hydrogens (tertiary/aromatic N) is 2. The van der Waals surface area contributed by atoms with Crippen LogP contribution in [0, 0.1) is 0 Å². The van der Waals surface area contributed by atoms with E-state index in [2.05, 4.69) is 10.2 Å². The van der Waals surface area contributed by atoms with Gasteiger partial charge in [-0.3, -0.25) is 24.6 Å². The van der Waals surface area contributed by atoms with Gasteiger partial charge >= 0.3 is 0 Å². The van der Waals surface area contributed by atoms with Crippen LogP contribution in [0.3, 0.4) is 0 Å². The Hall–Kier alpha value is -2.25. The summed E-state index contributed by atoms with van der Waals surface area (Å²) in [4.78, 5) is 40.8. The summed E-state index contributed by atoms with van der Waals surface area (Å²) in [6.45, 7) is 2.76. The zero-order valence-corrected chi connectivity index (χ0v) is 15.4. The smallest absolute Gasteiger partial charge is 0.255 e. The van der Waals surface area contributed by atoms with Gasteiger partial charge in [-0.2, -0.15) is 0 Å². The molecule has 27 heavy (non-hydrogen) atoms. The molecule has 4 rings (SSSR count). The van der Waals surface area contributed by atoms with Crippen LogP contribution >= 0.6 is 0 Å². The molecule has 0 radical (unpaired) electrons. The van der Waals surface area contributed by atoms with E-state index in [9.17, 15) is 14.4 Å². The molecule has 0 aromatic heterocycles. The molecule has 3 N–H and O–H groups in total. The Morgan fingerprint density at radius 2 is 2.00 bits per heavy atom. The molecule has 7 heteroatoms. The Kier molecular flexibility index (Phi) is 4.97. The number of imide groups is 1. The third kappa shape index (κ3) is 3.37. The molecule has 1 aromatic carbocycles. The number of fused-ring (bicyclic) bond motifs is 1. The molecule has 1 unspecified atom stereocenters. The molecule has 3 aliphatic heterocycles. The summed E-state index contributed by atoms with van der Waals surface area (Å²) in [5, 5.41) is 2.35. The summed E-state index contributed by atoms with van der Waals surface area (Å²) >= 11 is 0. The third-order valence-corrected chi connectivity index (χ3v) is 6.03. The Labute approximate surface area is 158 Å². The van der Waals surface area contributed by atoms with E-state index in [1.54, 1.807) is 4.90 Å². The van der Waals surface area contributed by atoms with Crippen molar-refractivity contribution in [2.45, 2.75) is 57.3 Å². The normalized spacial score (nSPS) is 26.3. The Bertz CT molecular complexity index is 778. The predicted octanol–water partition coefficient (Wildman–Crippen LogP) is 0.761. The number of rotatable bonds is 4. The van der Waals surface area contributed by atoms with Crippen LogP contribution in [0.4, 0.5) is 0 Å². The highest BCUT2D eigenvalue weighted by Gasteiger charge is 2.40. The molecule has 0 saturated carbocycles. The minimum atomic E-state index is -0.567. The monoisotopic (exact) mass is 370 g/mol. The van der Waals surface area contributed by atoms with E-state index in [0.29, 0.717) is 32.1 Å². The molecule has 0 aliphatic carbocycles. The average molecular weight is 370 g/mol. The van der Waals surface area contributed by atoms with Gasteiger partial charge in [0, 0.05) is 37.7 Å². The van der Waals surface area contributed by atoms with Gasteiger partial charge in [0.2, 0.25) is 11.8 Å². The van der Waals surface area contributed by atoms with Crippen LogP contribution in [-0.4, -0.2) is 52.7 Å². The molecule has 3 aliphatic rings. The number of hydrogen-bond donors (Lipinski definition) is 2. The Morgan fingerprint density at radius 3 is 2.78 bits per heavy atom. The lowest BCUT2D eigenvalue weighted by atomic mass is 9.98. The first-order valence-electron chi connectivity index (χ1n) is 9.78. The first kappa shape index (κ1) is 18.1. The summed E-state index contributed by atoms with van der Waals surface area (Å²) < 4.78 is 0. The molecule has 3 amide bonds. The van der Waals surface area contributed by atoms with Crippen LogP contribution in [0.1, 0.15) is 53.6 Å². The van der Waals surface area contributed by atoms with Gasteiger partial charge in [0.1, 0.15) is 6.04 Å². The standard InChI is InChI=1S/C20H26N4O3/c21-10-15-6-1-2-9-23(15)11-13-4-3-5-14-12-24(20(27)18(13)14)16-7-8-17(25)22-19(16)26/h3-5,15-16H,1-2,6-12,21H2,(H,22,25,26)/t15-,16?/m1/s1. The minimum Gasteiger partial charge on any atom is -0.329 e. The molecular formula is C20H26N4O3. The number of nitrogens with two attached hydrogens (primary N) is 1. The van der Waals surface area contributed by atoms with Crippen LogP contribution in [0.2, 0.25) is 0 Å². The van der Waals surface area contributed by atoms with Crippen LogP contribution in [0.5, 0.6) is 0 Å². The van der Waals surface area contributed by atoms with E-state index in [-0.39, 0.29) is 24.1 Å². The summed E-state index contributed by atoms with van der Waals surface area (Å²) in [6, 6.07) is 5.74. The van der Waals surface area contributed by atoms with Gasteiger partial charge in [-0.1, -0.05) is 24.6 Å². The number of carbonyl (C=O) groups is 3. The van der Waals surface area contributed by atoms with Crippen molar-refractivity contribution >= 4 is 17.7 Å². The quantitative estimate of drug-likeness (QED) is 0.763. The molecule has 7 nitrogen and oxygen atoms in total. The molecule has 0 bridgehead atoms. The van der Waals surface area contributed by atoms with Crippen molar-refractivity contribution in [3.05, 3.63) is 34.9 Å². The molecular weight excluding hydrogens is 344 g/mol. The third-order valence-electron chi connectivity index (χ3n) is 6.03. The maximum Gasteiger partial charge on any atom is 0.255 e. The second kappa shape index (κ2) is 7.40. The van der Waals surface area contributed by atoms with Crippen molar-refractivity contribution in [3.63, 3.8) is 0 Å². The topological polar surface area (TPSA) is 95.7 Å². The van der Waals surface area contributed by atoms with Crippen molar-refractivity contribution in [2.24, 2.45) is 5.73 Å². The Balaban J connectivity index is 1.56. The van der Waals surface area contributed by atoms with Gasteiger partial charge in [-0.15, -0.1) is 0 Å². The lowest BCUT2D eigenvalue weighted by Crippen LogP contribution is -2.52. The number of amides is 3. The Morgan fingerprint density at radius 1 is 1.15 bits per heavy atom. The number of nitrogens with one attached hydrogen (secondary N) is 1. The molecule has 2 saturated heterocycles. The van der Waals surface area contributed by atoms with Crippen molar-refractivity contribution in [2.75, 3.05) is 13.1 Å². The van der Waals surface area contributed by atoms with Crippen molar-refractivity contribution < 1.29 is 14.4 Å². The molecule has 2 atom stereocenters. The predicted molar refractivity (Wildman–Crippen MR) is 99.6 cm³/mol. The van der Waals surface area contributed by atoms with Crippen LogP contribution in [0.25, 0.3) is 0 Å². The lowest BCUT2D eigenvalue weighted by Gasteiger charge is -2.35. The summed E-state index contributed by atoms with van der Waals surface area (Å²) in [5.74, 6) is -0.733. The van der Waals surface area contributed by atoms with Crippen molar-refractivity contribution in [1.82, 2.24) is 15.1 Å². The van der Waals surface area contributed by atoms with E-state index in [0.717, 1.165) is 36.1 Å². The van der Waals surface area contributed by atoms with E-state index >= 15 is 0 Å². The molecule has 1 aromatic rings. The maximum absolute atomic E-state index is 13.2. The highest BCUT2D eigenvalue weighted by Crippen LogP contribution is 2.31. The zero-order valence-electron chi connectivity index (χ0n) is 15.4. The van der Waals surface area contributed by atoms with E-state index in [4.69, 9.17) is 5.73 Å². The largest absolute Gasteiger partial charge is 0.329 e. The van der Waals surface area contributed by atoms with Gasteiger partial charge < -0.3 is 10.6 Å². The number of hydrogen-bond acceptors (Lipinski definition) is 5. The first-order valence-corrected chi connectivity index (χ1v) is 9.78. The molecule has 144 valence electrons. The van der Waals surface area contributed by atoms with Gasteiger partial charge in [0.25, 0.3) is 5.91 Å². The number of piperidine rings is 2. The van der Waals surface area contributed by atoms with E-state index < -0.39 is 6.04 Å². The summed E-state index contributed by atoms with van der Waals surface area (Å²) in [7, 11) is 0. The molecule has 0 spiro atoms. The fourth-order valence-electron chi connectivity index (χ4n) is 4.58. The van der Waals surface area contributed by atoms with Gasteiger partial charge in [0.05, 0.1) is 0 Å². The SMILES string of the molecule is NC[C@H]1CCCCN1Cc1cccc2c1C(=O)N(C1CCC(=O)NC1=O)C2. The average Bonchev–Trinajstić information content (AvgIpc) is 3.00.